The Hall–Kier alpha value is -1.34. The van der Waals surface area contributed by atoms with Crippen molar-refractivity contribution in [2.75, 3.05) is 0 Å². The first kappa shape index (κ1) is 15.7. The van der Waals surface area contributed by atoms with Gasteiger partial charge in [0.05, 0.1) is 0 Å². The summed E-state index contributed by atoms with van der Waals surface area (Å²) in [5.41, 5.74) is 9.53. The van der Waals surface area contributed by atoms with E-state index in [-0.39, 0.29) is 0 Å². The Morgan fingerprint density at radius 3 is 2.26 bits per heavy atom. The zero-order valence-corrected chi connectivity index (χ0v) is 12.5. The highest BCUT2D eigenvalue weighted by Gasteiger charge is 2.16. The van der Waals surface area contributed by atoms with Gasteiger partial charge < -0.3 is 5.73 Å². The van der Waals surface area contributed by atoms with Gasteiger partial charge in [-0.15, -0.1) is 0 Å². The van der Waals surface area contributed by atoms with Crippen LogP contribution >= 0.6 is 0 Å². The minimum absolute atomic E-state index is 0.542. The van der Waals surface area contributed by atoms with Crippen molar-refractivity contribution in [2.45, 2.75) is 40.2 Å². The quantitative estimate of drug-likeness (QED) is 0.716. The normalized spacial score (nSPS) is 13.1. The van der Waals surface area contributed by atoms with Crippen LogP contribution in [0, 0.1) is 11.8 Å². The van der Waals surface area contributed by atoms with Gasteiger partial charge in [0.15, 0.2) is 0 Å². The van der Waals surface area contributed by atoms with Crippen molar-refractivity contribution >= 4 is 0 Å². The predicted octanol–water partition coefficient (Wildman–Crippen LogP) is 4.48. The summed E-state index contributed by atoms with van der Waals surface area (Å²) in [7, 11) is 0. The topological polar surface area (TPSA) is 26.0 Å². The summed E-state index contributed by atoms with van der Waals surface area (Å²) < 4.78 is 0. The molecule has 0 heterocycles. The zero-order chi connectivity index (χ0) is 14.3. The van der Waals surface area contributed by atoms with Crippen LogP contribution in [0.2, 0.25) is 0 Å². The van der Waals surface area contributed by atoms with E-state index in [0.29, 0.717) is 18.4 Å². The number of hydrogen-bond acceptors (Lipinski definition) is 1. The smallest absolute Gasteiger partial charge is 0.0178 e. The third-order valence-corrected chi connectivity index (χ3v) is 3.66. The first-order valence-corrected chi connectivity index (χ1v) is 7.15. The van der Waals surface area contributed by atoms with Crippen LogP contribution in [0.15, 0.2) is 48.6 Å². The zero-order valence-electron chi connectivity index (χ0n) is 12.5. The fourth-order valence-corrected chi connectivity index (χ4v) is 2.34. The van der Waals surface area contributed by atoms with Crippen LogP contribution in [0.4, 0.5) is 0 Å². The molecule has 1 aromatic rings. The number of nitrogens with two attached hydrogens (primary N) is 1. The second-order valence-corrected chi connectivity index (χ2v) is 5.51. The molecule has 0 fully saturated rings. The van der Waals surface area contributed by atoms with Gasteiger partial charge in [-0.05, 0) is 42.7 Å². The molecule has 0 aromatic heterocycles. The van der Waals surface area contributed by atoms with E-state index in [2.05, 4.69) is 63.8 Å². The van der Waals surface area contributed by atoms with Crippen LogP contribution < -0.4 is 5.73 Å². The van der Waals surface area contributed by atoms with Gasteiger partial charge in [-0.25, -0.2) is 0 Å². The van der Waals surface area contributed by atoms with Gasteiger partial charge in [-0.2, -0.15) is 0 Å². The van der Waals surface area contributed by atoms with Gasteiger partial charge in [-0.1, -0.05) is 62.4 Å². The highest BCUT2D eigenvalue weighted by molar-refractivity contribution is 5.24. The van der Waals surface area contributed by atoms with E-state index < -0.39 is 0 Å². The van der Waals surface area contributed by atoms with Crippen molar-refractivity contribution in [1.29, 1.82) is 0 Å². The molecule has 104 valence electrons. The summed E-state index contributed by atoms with van der Waals surface area (Å²) in [4.78, 5) is 0. The van der Waals surface area contributed by atoms with Crippen molar-refractivity contribution in [2.24, 2.45) is 17.6 Å². The molecule has 19 heavy (non-hydrogen) atoms. The molecule has 1 unspecified atom stereocenters. The minimum atomic E-state index is 0.542. The molecule has 0 aliphatic heterocycles. The van der Waals surface area contributed by atoms with Crippen LogP contribution in [0.25, 0.3) is 0 Å². The number of allylic oxidation sites excluding steroid dienone is 3. The van der Waals surface area contributed by atoms with Crippen LogP contribution in [0.3, 0.4) is 0 Å². The van der Waals surface area contributed by atoms with E-state index in [1.807, 2.05) is 0 Å². The van der Waals surface area contributed by atoms with Crippen molar-refractivity contribution in [3.8, 4) is 0 Å². The molecular weight excluding hydrogens is 230 g/mol. The van der Waals surface area contributed by atoms with E-state index in [1.165, 1.54) is 16.7 Å². The van der Waals surface area contributed by atoms with Gasteiger partial charge in [-0.3, -0.25) is 0 Å². The molecule has 0 aliphatic rings. The maximum absolute atomic E-state index is 5.63. The van der Waals surface area contributed by atoms with Crippen molar-refractivity contribution in [1.82, 2.24) is 0 Å². The maximum Gasteiger partial charge on any atom is 0.0178 e. The highest BCUT2D eigenvalue weighted by Crippen LogP contribution is 2.26. The number of benzene rings is 1. The van der Waals surface area contributed by atoms with Gasteiger partial charge in [0.25, 0.3) is 0 Å². The van der Waals surface area contributed by atoms with Gasteiger partial charge in [0.2, 0.25) is 0 Å². The molecular formula is C18H27N. The lowest BCUT2D eigenvalue weighted by molar-refractivity contribution is 0.436. The lowest BCUT2D eigenvalue weighted by atomic mass is 9.82. The Kier molecular flexibility index (Phi) is 6.58. The summed E-state index contributed by atoms with van der Waals surface area (Å²) in [6, 6.07) is 8.64. The second-order valence-electron chi connectivity index (χ2n) is 5.51. The summed E-state index contributed by atoms with van der Waals surface area (Å²) >= 11 is 0. The Bertz CT molecular complexity index is 412. The Morgan fingerprint density at radius 2 is 1.79 bits per heavy atom. The summed E-state index contributed by atoms with van der Waals surface area (Å²) in [5.74, 6) is 1.16. The Labute approximate surface area is 118 Å². The predicted molar refractivity (Wildman–Crippen MR) is 84.9 cm³/mol. The van der Waals surface area contributed by atoms with Crippen molar-refractivity contribution < 1.29 is 0 Å². The van der Waals surface area contributed by atoms with E-state index in [9.17, 15) is 0 Å². The van der Waals surface area contributed by atoms with Gasteiger partial charge in [0, 0.05) is 6.54 Å². The molecule has 0 amide bonds. The molecule has 0 spiro atoms. The number of rotatable bonds is 7. The largest absolute Gasteiger partial charge is 0.326 e. The molecule has 1 aromatic carbocycles. The van der Waals surface area contributed by atoms with Crippen LogP contribution in [-0.2, 0) is 13.0 Å². The molecule has 1 nitrogen and oxygen atoms in total. The van der Waals surface area contributed by atoms with Gasteiger partial charge in [0.1, 0.15) is 0 Å². The van der Waals surface area contributed by atoms with E-state index in [0.717, 1.165) is 12.8 Å². The maximum atomic E-state index is 5.63. The van der Waals surface area contributed by atoms with Crippen LogP contribution in [0.5, 0.6) is 0 Å². The molecule has 0 bridgehead atoms. The molecule has 0 radical (unpaired) electrons. The molecule has 1 heteroatoms. The molecule has 0 aliphatic carbocycles. The first-order chi connectivity index (χ1) is 9.08. The summed E-state index contributed by atoms with van der Waals surface area (Å²) in [6.07, 6.45) is 6.34. The average molecular weight is 257 g/mol. The summed E-state index contributed by atoms with van der Waals surface area (Å²) in [6.45, 7) is 11.5. The fraction of sp³-hybridized carbons (Fsp3) is 0.444. The SMILES string of the molecule is C=C(C/C=C\C)C(Cc1ccc(CN)cc1)C(C)C. The Morgan fingerprint density at radius 1 is 1.21 bits per heavy atom. The second kappa shape index (κ2) is 7.96. The molecule has 1 rings (SSSR count). The lowest BCUT2D eigenvalue weighted by Gasteiger charge is -2.23. The Balaban J connectivity index is 2.74. The lowest BCUT2D eigenvalue weighted by Crippen LogP contribution is -2.14. The van der Waals surface area contributed by atoms with Crippen molar-refractivity contribution in [3.63, 3.8) is 0 Å². The van der Waals surface area contributed by atoms with Crippen LogP contribution in [0.1, 0.15) is 38.3 Å². The van der Waals surface area contributed by atoms with E-state index in [1.54, 1.807) is 0 Å². The third-order valence-electron chi connectivity index (χ3n) is 3.66. The number of hydrogen-bond donors (Lipinski definition) is 1. The van der Waals surface area contributed by atoms with Gasteiger partial charge >= 0.3 is 0 Å². The minimum Gasteiger partial charge on any atom is -0.326 e. The highest BCUT2D eigenvalue weighted by atomic mass is 14.5. The molecule has 0 saturated carbocycles. The molecule has 0 saturated heterocycles. The van der Waals surface area contributed by atoms with Crippen LogP contribution in [-0.4, -0.2) is 0 Å². The summed E-state index contributed by atoms with van der Waals surface area (Å²) in [5, 5.41) is 0. The first-order valence-electron chi connectivity index (χ1n) is 7.15. The molecule has 2 N–H and O–H groups in total. The monoisotopic (exact) mass is 257 g/mol. The molecule has 1 atom stereocenters. The average Bonchev–Trinajstić information content (AvgIpc) is 2.42. The fourth-order valence-electron chi connectivity index (χ4n) is 2.34. The standard InChI is InChI=1S/C18H27N/c1-5-6-7-15(4)18(14(2)3)12-16-8-10-17(13-19)11-9-16/h5-6,8-11,14,18H,4,7,12-13,19H2,1-3H3/b6-5-. The van der Waals surface area contributed by atoms with E-state index in [4.69, 9.17) is 5.73 Å². The van der Waals surface area contributed by atoms with Crippen molar-refractivity contribution in [3.05, 3.63) is 59.7 Å². The third kappa shape index (κ3) is 5.04. The van der Waals surface area contributed by atoms with E-state index >= 15 is 0 Å².